The molecule has 2 saturated heterocycles. The zero-order valence-corrected chi connectivity index (χ0v) is 13.4. The van der Waals surface area contributed by atoms with Crippen molar-refractivity contribution in [2.24, 2.45) is 0 Å². The van der Waals surface area contributed by atoms with Crippen molar-refractivity contribution in [2.75, 3.05) is 39.8 Å². The maximum Gasteiger partial charge on any atom is 0.0235 e. The molecule has 1 aromatic carbocycles. The summed E-state index contributed by atoms with van der Waals surface area (Å²) in [6.45, 7) is 7.38. The Morgan fingerprint density at radius 1 is 1.05 bits per heavy atom. The molecular weight excluding hydrogens is 258 g/mol. The molecule has 3 heteroatoms. The van der Waals surface area contributed by atoms with E-state index in [4.69, 9.17) is 0 Å². The fourth-order valence-corrected chi connectivity index (χ4v) is 3.70. The molecule has 3 rings (SSSR count). The quantitative estimate of drug-likeness (QED) is 0.864. The Balaban J connectivity index is 1.48. The second kappa shape index (κ2) is 7.39. The van der Waals surface area contributed by atoms with Crippen molar-refractivity contribution in [1.82, 2.24) is 15.1 Å². The van der Waals surface area contributed by atoms with E-state index < -0.39 is 0 Å². The lowest BCUT2D eigenvalue weighted by Crippen LogP contribution is -2.35. The number of nitrogens with zero attached hydrogens (tertiary/aromatic N) is 2. The third kappa shape index (κ3) is 4.06. The summed E-state index contributed by atoms with van der Waals surface area (Å²) in [7, 11) is 2.01. The van der Waals surface area contributed by atoms with Crippen LogP contribution >= 0.6 is 0 Å². The zero-order valence-electron chi connectivity index (χ0n) is 13.4. The molecule has 1 unspecified atom stereocenters. The van der Waals surface area contributed by atoms with Gasteiger partial charge in [0.15, 0.2) is 0 Å². The maximum absolute atomic E-state index is 3.21. The van der Waals surface area contributed by atoms with Crippen molar-refractivity contribution in [2.45, 2.75) is 38.3 Å². The standard InChI is InChI=1S/C18H29N3/c1-19-10-8-16-4-6-17(7-5-16)14-20-13-9-18(15-20)21-11-2-3-12-21/h4-7,18-19H,2-3,8-15H2,1H3. The molecule has 116 valence electrons. The van der Waals surface area contributed by atoms with Crippen LogP contribution in [-0.4, -0.2) is 55.6 Å². The van der Waals surface area contributed by atoms with Crippen LogP contribution in [0.3, 0.4) is 0 Å². The van der Waals surface area contributed by atoms with Crippen LogP contribution < -0.4 is 5.32 Å². The van der Waals surface area contributed by atoms with E-state index in [1.807, 2.05) is 7.05 Å². The Morgan fingerprint density at radius 2 is 1.76 bits per heavy atom. The predicted molar refractivity (Wildman–Crippen MR) is 88.6 cm³/mol. The molecule has 2 aliphatic rings. The summed E-state index contributed by atoms with van der Waals surface area (Å²) >= 11 is 0. The summed E-state index contributed by atoms with van der Waals surface area (Å²) in [5.41, 5.74) is 2.90. The van der Waals surface area contributed by atoms with Crippen molar-refractivity contribution >= 4 is 0 Å². The first kappa shape index (κ1) is 15.0. The summed E-state index contributed by atoms with van der Waals surface area (Å²) in [6.07, 6.45) is 5.30. The van der Waals surface area contributed by atoms with Gasteiger partial charge in [-0.05, 0) is 63.5 Å². The van der Waals surface area contributed by atoms with E-state index in [0.717, 1.165) is 25.6 Å². The number of likely N-dealkylation sites (N-methyl/N-ethyl adjacent to an activating group) is 1. The fourth-order valence-electron chi connectivity index (χ4n) is 3.70. The van der Waals surface area contributed by atoms with Crippen molar-refractivity contribution < 1.29 is 0 Å². The number of nitrogens with one attached hydrogen (secondary N) is 1. The highest BCUT2D eigenvalue weighted by atomic mass is 15.3. The molecule has 0 bridgehead atoms. The number of rotatable bonds is 6. The van der Waals surface area contributed by atoms with Crippen LogP contribution in [0.15, 0.2) is 24.3 Å². The van der Waals surface area contributed by atoms with Gasteiger partial charge in [-0.15, -0.1) is 0 Å². The van der Waals surface area contributed by atoms with E-state index in [0.29, 0.717) is 0 Å². The lowest BCUT2D eigenvalue weighted by atomic mass is 10.1. The molecule has 2 aliphatic heterocycles. The molecule has 1 atom stereocenters. The minimum absolute atomic E-state index is 0.822. The van der Waals surface area contributed by atoms with E-state index in [9.17, 15) is 0 Å². The van der Waals surface area contributed by atoms with Gasteiger partial charge in [0.25, 0.3) is 0 Å². The fraction of sp³-hybridized carbons (Fsp3) is 0.667. The van der Waals surface area contributed by atoms with Crippen LogP contribution in [-0.2, 0) is 13.0 Å². The number of hydrogen-bond donors (Lipinski definition) is 1. The Morgan fingerprint density at radius 3 is 2.48 bits per heavy atom. The molecule has 2 fully saturated rings. The third-order valence-electron chi connectivity index (χ3n) is 5.00. The molecule has 3 nitrogen and oxygen atoms in total. The van der Waals surface area contributed by atoms with Crippen molar-refractivity contribution in [3.05, 3.63) is 35.4 Å². The SMILES string of the molecule is CNCCc1ccc(CN2CCC(N3CCCC3)C2)cc1. The van der Waals surface area contributed by atoms with Crippen LogP contribution in [0.1, 0.15) is 30.4 Å². The highest BCUT2D eigenvalue weighted by molar-refractivity contribution is 5.23. The van der Waals surface area contributed by atoms with Gasteiger partial charge in [-0.2, -0.15) is 0 Å². The first-order valence-electron chi connectivity index (χ1n) is 8.54. The summed E-state index contributed by atoms with van der Waals surface area (Å²) in [5.74, 6) is 0. The van der Waals surface area contributed by atoms with Gasteiger partial charge in [-0.1, -0.05) is 24.3 Å². The van der Waals surface area contributed by atoms with Crippen LogP contribution in [0.25, 0.3) is 0 Å². The smallest absolute Gasteiger partial charge is 0.0235 e. The normalized spacial score (nSPS) is 24.0. The van der Waals surface area contributed by atoms with Gasteiger partial charge in [0.2, 0.25) is 0 Å². The Hall–Kier alpha value is -0.900. The molecule has 0 spiro atoms. The van der Waals surface area contributed by atoms with Gasteiger partial charge in [-0.3, -0.25) is 9.80 Å². The lowest BCUT2D eigenvalue weighted by Gasteiger charge is -2.23. The molecule has 0 amide bonds. The molecule has 0 radical (unpaired) electrons. The van der Waals surface area contributed by atoms with E-state index in [-0.39, 0.29) is 0 Å². The molecule has 21 heavy (non-hydrogen) atoms. The van der Waals surface area contributed by atoms with E-state index >= 15 is 0 Å². The van der Waals surface area contributed by atoms with Gasteiger partial charge >= 0.3 is 0 Å². The predicted octanol–water partition coefficient (Wildman–Crippen LogP) is 2.12. The number of likely N-dealkylation sites (tertiary alicyclic amines) is 2. The first-order valence-corrected chi connectivity index (χ1v) is 8.54. The highest BCUT2D eigenvalue weighted by Crippen LogP contribution is 2.21. The summed E-state index contributed by atoms with van der Waals surface area (Å²) in [5, 5.41) is 3.21. The Bertz CT molecular complexity index is 423. The average Bonchev–Trinajstić information content (AvgIpc) is 3.17. The monoisotopic (exact) mass is 287 g/mol. The summed E-state index contributed by atoms with van der Waals surface area (Å²) in [6, 6.07) is 10.0. The second-order valence-corrected chi connectivity index (χ2v) is 6.59. The van der Waals surface area contributed by atoms with Crippen molar-refractivity contribution in [3.8, 4) is 0 Å². The van der Waals surface area contributed by atoms with Crippen LogP contribution in [0.4, 0.5) is 0 Å². The van der Waals surface area contributed by atoms with Crippen LogP contribution in [0.2, 0.25) is 0 Å². The molecule has 2 heterocycles. The molecule has 1 aromatic rings. The lowest BCUT2D eigenvalue weighted by molar-refractivity contribution is 0.230. The van der Waals surface area contributed by atoms with Gasteiger partial charge in [-0.25, -0.2) is 0 Å². The second-order valence-electron chi connectivity index (χ2n) is 6.59. The molecule has 0 aromatic heterocycles. The Labute approximate surface area is 129 Å². The van der Waals surface area contributed by atoms with Crippen LogP contribution in [0.5, 0.6) is 0 Å². The minimum atomic E-state index is 0.822. The Kier molecular flexibility index (Phi) is 5.28. The summed E-state index contributed by atoms with van der Waals surface area (Å²) < 4.78 is 0. The molecule has 0 aliphatic carbocycles. The van der Waals surface area contributed by atoms with Crippen molar-refractivity contribution in [1.29, 1.82) is 0 Å². The molecular formula is C18H29N3. The highest BCUT2D eigenvalue weighted by Gasteiger charge is 2.28. The topological polar surface area (TPSA) is 18.5 Å². The van der Waals surface area contributed by atoms with Gasteiger partial charge in [0, 0.05) is 25.7 Å². The van der Waals surface area contributed by atoms with Gasteiger partial charge in [0.1, 0.15) is 0 Å². The third-order valence-corrected chi connectivity index (χ3v) is 5.00. The zero-order chi connectivity index (χ0) is 14.5. The number of benzene rings is 1. The van der Waals surface area contributed by atoms with E-state index in [1.54, 1.807) is 0 Å². The molecule has 1 N–H and O–H groups in total. The first-order chi connectivity index (χ1) is 10.3. The average molecular weight is 287 g/mol. The van der Waals surface area contributed by atoms with Gasteiger partial charge < -0.3 is 5.32 Å². The largest absolute Gasteiger partial charge is 0.319 e. The van der Waals surface area contributed by atoms with Crippen molar-refractivity contribution in [3.63, 3.8) is 0 Å². The summed E-state index contributed by atoms with van der Waals surface area (Å²) in [4.78, 5) is 5.34. The van der Waals surface area contributed by atoms with Gasteiger partial charge in [0.05, 0.1) is 0 Å². The minimum Gasteiger partial charge on any atom is -0.319 e. The molecule has 0 saturated carbocycles. The van der Waals surface area contributed by atoms with E-state index in [1.165, 1.54) is 56.6 Å². The van der Waals surface area contributed by atoms with E-state index in [2.05, 4.69) is 39.4 Å². The number of hydrogen-bond acceptors (Lipinski definition) is 3. The maximum atomic E-state index is 3.21. The van der Waals surface area contributed by atoms with Crippen LogP contribution in [0, 0.1) is 0 Å².